The molecule has 1 aromatic carbocycles. The summed E-state index contributed by atoms with van der Waals surface area (Å²) in [4.78, 5) is 15.4. The van der Waals surface area contributed by atoms with Crippen LogP contribution in [0.4, 0.5) is 0 Å². The third-order valence-corrected chi connectivity index (χ3v) is 3.95. The highest BCUT2D eigenvalue weighted by molar-refractivity contribution is 7.71. The molecule has 2 heterocycles. The van der Waals surface area contributed by atoms with Crippen molar-refractivity contribution in [1.82, 2.24) is 9.55 Å². The van der Waals surface area contributed by atoms with E-state index in [9.17, 15) is 4.79 Å². The van der Waals surface area contributed by atoms with Crippen LogP contribution in [0.15, 0.2) is 40.5 Å². The molecule has 1 N–H and O–H groups in total. The highest BCUT2D eigenvalue weighted by Crippen LogP contribution is 2.16. The van der Waals surface area contributed by atoms with E-state index in [-0.39, 0.29) is 5.56 Å². The molecule has 19 heavy (non-hydrogen) atoms. The zero-order chi connectivity index (χ0) is 13.4. The van der Waals surface area contributed by atoms with Gasteiger partial charge < -0.3 is 4.98 Å². The second-order valence-corrected chi connectivity index (χ2v) is 5.20. The van der Waals surface area contributed by atoms with Gasteiger partial charge in [-0.2, -0.15) is 5.26 Å². The summed E-state index contributed by atoms with van der Waals surface area (Å²) in [5.41, 5.74) is 1.81. The fourth-order valence-electron chi connectivity index (χ4n) is 1.86. The summed E-state index contributed by atoms with van der Waals surface area (Å²) < 4.78 is 2.42. The van der Waals surface area contributed by atoms with Crippen molar-refractivity contribution in [3.05, 3.63) is 56.4 Å². The van der Waals surface area contributed by atoms with Gasteiger partial charge in [-0.1, -0.05) is 0 Å². The Hall–Kier alpha value is -2.23. The lowest BCUT2D eigenvalue weighted by Crippen LogP contribution is -2.19. The Bertz CT molecular complexity index is 910. The van der Waals surface area contributed by atoms with E-state index in [0.717, 1.165) is 5.52 Å². The summed E-state index contributed by atoms with van der Waals surface area (Å²) in [6.07, 6.45) is 0. The Kier molecular flexibility index (Phi) is 2.78. The van der Waals surface area contributed by atoms with Crippen molar-refractivity contribution in [3.8, 4) is 11.8 Å². The summed E-state index contributed by atoms with van der Waals surface area (Å²) >= 11 is 6.60. The molecule has 0 aliphatic heterocycles. The zero-order valence-electron chi connectivity index (χ0n) is 9.58. The number of aromatic nitrogens is 2. The monoisotopic (exact) mass is 285 g/mol. The smallest absolute Gasteiger partial charge is 0.276 e. The van der Waals surface area contributed by atoms with Crippen LogP contribution in [0.1, 0.15) is 5.56 Å². The van der Waals surface area contributed by atoms with Crippen LogP contribution in [0.3, 0.4) is 0 Å². The third-order valence-electron chi connectivity index (χ3n) is 2.76. The number of hydrogen-bond donors (Lipinski definition) is 1. The first-order valence-corrected chi connectivity index (χ1v) is 6.72. The van der Waals surface area contributed by atoms with E-state index in [1.54, 1.807) is 24.3 Å². The SMILES string of the molecule is N#Cc1ccc(-n2c(=S)[nH]c3ccsc3c2=O)cc1. The molecule has 4 nitrogen and oxygen atoms in total. The second-order valence-electron chi connectivity index (χ2n) is 3.89. The Morgan fingerprint density at radius 3 is 2.68 bits per heavy atom. The van der Waals surface area contributed by atoms with Crippen molar-refractivity contribution in [2.45, 2.75) is 0 Å². The van der Waals surface area contributed by atoms with Crippen LogP contribution in [0.5, 0.6) is 0 Å². The third kappa shape index (κ3) is 1.89. The minimum atomic E-state index is -0.140. The molecule has 0 radical (unpaired) electrons. The summed E-state index contributed by atoms with van der Waals surface area (Å²) in [7, 11) is 0. The molecule has 0 bridgehead atoms. The normalized spacial score (nSPS) is 10.5. The summed E-state index contributed by atoms with van der Waals surface area (Å²) in [5, 5.41) is 10.6. The number of thiophene rings is 1. The number of benzene rings is 1. The first-order chi connectivity index (χ1) is 9.20. The number of rotatable bonds is 1. The molecule has 6 heteroatoms. The molecular formula is C13H7N3OS2. The van der Waals surface area contributed by atoms with Crippen LogP contribution < -0.4 is 5.56 Å². The Morgan fingerprint density at radius 2 is 2.00 bits per heavy atom. The topological polar surface area (TPSA) is 61.6 Å². The lowest BCUT2D eigenvalue weighted by Gasteiger charge is -2.06. The maximum atomic E-state index is 12.4. The van der Waals surface area contributed by atoms with E-state index in [1.807, 2.05) is 17.5 Å². The molecule has 3 rings (SSSR count). The van der Waals surface area contributed by atoms with Gasteiger partial charge in [-0.25, -0.2) is 0 Å². The van der Waals surface area contributed by atoms with E-state index in [1.165, 1.54) is 15.9 Å². The first kappa shape index (κ1) is 11.8. The van der Waals surface area contributed by atoms with Crippen LogP contribution in [-0.4, -0.2) is 9.55 Å². The summed E-state index contributed by atoms with van der Waals surface area (Å²) in [6.45, 7) is 0. The molecule has 0 atom stereocenters. The number of hydrogen-bond acceptors (Lipinski definition) is 4. The zero-order valence-corrected chi connectivity index (χ0v) is 11.2. The largest absolute Gasteiger partial charge is 0.331 e. The fourth-order valence-corrected chi connectivity index (χ4v) is 2.93. The predicted octanol–water partition coefficient (Wildman–Crippen LogP) is 2.98. The van der Waals surface area contributed by atoms with Gasteiger partial charge >= 0.3 is 0 Å². The number of aromatic amines is 1. The lowest BCUT2D eigenvalue weighted by molar-refractivity contribution is 0.943. The molecule has 2 aromatic heterocycles. The van der Waals surface area contributed by atoms with E-state index >= 15 is 0 Å². The van der Waals surface area contributed by atoms with E-state index in [0.29, 0.717) is 20.7 Å². The van der Waals surface area contributed by atoms with Crippen molar-refractivity contribution in [2.75, 3.05) is 0 Å². The Labute approximate surface area is 117 Å². The minimum absolute atomic E-state index is 0.140. The van der Waals surface area contributed by atoms with Gasteiger partial charge in [-0.05, 0) is 47.9 Å². The second kappa shape index (κ2) is 4.46. The Morgan fingerprint density at radius 1 is 1.26 bits per heavy atom. The molecule has 0 saturated carbocycles. The quantitative estimate of drug-likeness (QED) is 0.699. The van der Waals surface area contributed by atoms with Crippen molar-refractivity contribution in [1.29, 1.82) is 5.26 Å². The first-order valence-electron chi connectivity index (χ1n) is 5.44. The van der Waals surface area contributed by atoms with Crippen LogP contribution in [0, 0.1) is 16.1 Å². The number of nitrogens with zero attached hydrogens (tertiary/aromatic N) is 2. The van der Waals surface area contributed by atoms with E-state index in [4.69, 9.17) is 17.5 Å². The number of fused-ring (bicyclic) bond motifs is 1. The molecule has 0 unspecified atom stereocenters. The lowest BCUT2D eigenvalue weighted by atomic mass is 10.2. The van der Waals surface area contributed by atoms with Crippen LogP contribution >= 0.6 is 23.6 Å². The molecule has 0 amide bonds. The van der Waals surface area contributed by atoms with E-state index in [2.05, 4.69) is 4.98 Å². The molecule has 0 spiro atoms. The fraction of sp³-hybridized carbons (Fsp3) is 0. The maximum absolute atomic E-state index is 12.4. The maximum Gasteiger partial charge on any atom is 0.276 e. The molecule has 3 aromatic rings. The minimum Gasteiger partial charge on any atom is -0.331 e. The van der Waals surface area contributed by atoms with Crippen LogP contribution in [0.2, 0.25) is 0 Å². The van der Waals surface area contributed by atoms with Crippen molar-refractivity contribution in [3.63, 3.8) is 0 Å². The van der Waals surface area contributed by atoms with Crippen molar-refractivity contribution < 1.29 is 0 Å². The number of H-pyrrole nitrogens is 1. The molecule has 0 saturated heterocycles. The van der Waals surface area contributed by atoms with Gasteiger partial charge in [-0.15, -0.1) is 11.3 Å². The van der Waals surface area contributed by atoms with Gasteiger partial charge in [0.05, 0.1) is 22.8 Å². The average Bonchev–Trinajstić information content (AvgIpc) is 2.88. The number of nitriles is 1. The average molecular weight is 285 g/mol. The van der Waals surface area contributed by atoms with Gasteiger partial charge in [0.25, 0.3) is 5.56 Å². The number of nitrogens with one attached hydrogen (secondary N) is 1. The molecule has 0 aliphatic rings. The Balaban J connectivity index is 2.32. The molecule has 0 fully saturated rings. The van der Waals surface area contributed by atoms with Gasteiger partial charge in [0.15, 0.2) is 4.77 Å². The van der Waals surface area contributed by atoms with Crippen molar-refractivity contribution >= 4 is 33.8 Å². The molecule has 92 valence electrons. The van der Waals surface area contributed by atoms with Gasteiger partial charge in [0, 0.05) is 0 Å². The molecular weight excluding hydrogens is 278 g/mol. The van der Waals surface area contributed by atoms with Crippen LogP contribution in [-0.2, 0) is 0 Å². The van der Waals surface area contributed by atoms with Crippen molar-refractivity contribution in [2.24, 2.45) is 0 Å². The van der Waals surface area contributed by atoms with Crippen LogP contribution in [0.25, 0.3) is 15.9 Å². The summed E-state index contributed by atoms with van der Waals surface area (Å²) in [6, 6.07) is 10.6. The predicted molar refractivity (Wildman–Crippen MR) is 77.3 cm³/mol. The van der Waals surface area contributed by atoms with Gasteiger partial charge in [0.1, 0.15) is 4.70 Å². The van der Waals surface area contributed by atoms with Gasteiger partial charge in [0.2, 0.25) is 0 Å². The molecule has 0 aliphatic carbocycles. The highest BCUT2D eigenvalue weighted by atomic mass is 32.1. The van der Waals surface area contributed by atoms with Gasteiger partial charge in [-0.3, -0.25) is 9.36 Å². The van der Waals surface area contributed by atoms with E-state index < -0.39 is 0 Å². The summed E-state index contributed by atoms with van der Waals surface area (Å²) in [5.74, 6) is 0. The highest BCUT2D eigenvalue weighted by Gasteiger charge is 2.08. The standard InChI is InChI=1S/C13H7N3OS2/c14-7-8-1-3-9(4-2-8)16-12(17)11-10(5-6-19-11)15-13(16)18/h1-6H,(H,15,18).